The SMILES string of the molecule is O=C(NCCOc1cccc2c1Nc1nc(=O)n([C@H]3C[C@@H](O)[C@@H](CO)O3)cc1O2)OCCc1ccc2ccc3cccc4ccc1c2c34.O=C(NCCOc1cccc2c1Nc1nc(=O)n([C@H]3C[C@@H](O)[C@@H](CO)O3)cc1O2)OCCc1cccc2ccccc12.O=C(NCCOc1cccc2c1Nc1nc(=O)n([C@H]3C[C@@H](O)[C@@H](CO)O3)cc1O2)OCCc1ccccc1. The number of carbonyl (C=O) groups is 3. The van der Waals surface area contributed by atoms with Crippen LogP contribution >= 0.6 is 0 Å². The number of alkyl carbamates (subject to hydrolysis) is 3. The van der Waals surface area contributed by atoms with Crippen LogP contribution in [0.2, 0.25) is 0 Å². The zero-order valence-electron chi connectivity index (χ0n) is 68.7. The number of hydrogen-bond donors (Lipinski definition) is 12. The summed E-state index contributed by atoms with van der Waals surface area (Å²) in [5.74, 6) is 4.17. The maximum absolute atomic E-state index is 12.8. The van der Waals surface area contributed by atoms with Gasteiger partial charge in [0.15, 0.2) is 52.0 Å². The van der Waals surface area contributed by atoms with Crippen molar-refractivity contribution in [3.8, 4) is 51.7 Å². The summed E-state index contributed by atoms with van der Waals surface area (Å²) in [7, 11) is 0. The van der Waals surface area contributed by atoms with Crippen molar-refractivity contribution < 1.29 is 102 Å². The normalized spacial score (nSPS) is 18.8. The van der Waals surface area contributed by atoms with Gasteiger partial charge in [-0.3, -0.25) is 13.7 Å². The van der Waals surface area contributed by atoms with Crippen LogP contribution in [0.3, 0.4) is 0 Å². The predicted octanol–water partition coefficient (Wildman–Crippen LogP) is 10.3. The minimum Gasteiger partial charge on any atom is -0.489 e. The highest BCUT2D eigenvalue weighted by atomic mass is 16.6. The number of benzene rings is 10. The van der Waals surface area contributed by atoms with Crippen molar-refractivity contribution in [3.05, 3.63) is 249 Å². The Kier molecular flexibility index (Phi) is 26.3. The van der Waals surface area contributed by atoms with Gasteiger partial charge in [0.05, 0.1) is 96.2 Å². The summed E-state index contributed by atoms with van der Waals surface area (Å²) in [6.45, 7) is 0.771. The molecule has 0 spiro atoms. The number of anilines is 6. The summed E-state index contributed by atoms with van der Waals surface area (Å²) in [6.07, 6.45) is -2.33. The number of fused-ring (bicyclic) bond motifs is 7. The van der Waals surface area contributed by atoms with Crippen molar-refractivity contribution in [2.45, 2.75) is 93.8 Å². The molecule has 9 atom stereocenters. The van der Waals surface area contributed by atoms with Crippen LogP contribution in [-0.2, 0) is 47.7 Å². The Morgan fingerprint density at radius 1 is 0.375 bits per heavy atom. The number of ether oxygens (including phenoxy) is 12. The Hall–Kier alpha value is -14.2. The third kappa shape index (κ3) is 19.3. The van der Waals surface area contributed by atoms with Crippen LogP contribution in [0.5, 0.6) is 51.7 Å². The van der Waals surface area contributed by atoms with Gasteiger partial charge in [0, 0.05) is 38.5 Å². The van der Waals surface area contributed by atoms with Crippen LogP contribution in [0.25, 0.3) is 43.1 Å². The molecule has 10 aromatic carbocycles. The van der Waals surface area contributed by atoms with Crippen LogP contribution in [0.1, 0.15) is 54.6 Å². The highest BCUT2D eigenvalue weighted by Gasteiger charge is 2.40. The fourth-order valence-electron chi connectivity index (χ4n) is 15.9. The van der Waals surface area contributed by atoms with E-state index in [9.17, 15) is 59.4 Å². The number of hydrogen-bond acceptors (Lipinski definition) is 30. The van der Waals surface area contributed by atoms with Crippen LogP contribution < -0.4 is 77.4 Å². The second-order valence-electron chi connectivity index (χ2n) is 30.5. The molecule has 0 unspecified atom stereocenters. The van der Waals surface area contributed by atoms with Gasteiger partial charge in [-0.25, -0.2) is 28.8 Å². The fourth-order valence-corrected chi connectivity index (χ4v) is 15.9. The number of amides is 3. The minimum atomic E-state index is -0.899. The third-order valence-corrected chi connectivity index (χ3v) is 22.3. The first kappa shape index (κ1) is 85.9. The predicted molar refractivity (Wildman–Crippen MR) is 466 cm³/mol. The molecule has 36 heteroatoms. The molecule has 3 aromatic heterocycles. The summed E-state index contributed by atoms with van der Waals surface area (Å²) in [5.41, 5.74) is 2.97. The Morgan fingerprint density at radius 3 is 1.16 bits per heavy atom. The van der Waals surface area contributed by atoms with Gasteiger partial charge in [0.25, 0.3) is 0 Å². The molecule has 6 aliphatic rings. The van der Waals surface area contributed by atoms with E-state index in [-0.39, 0.29) is 127 Å². The van der Waals surface area contributed by atoms with Crippen molar-refractivity contribution in [3.63, 3.8) is 0 Å². The first-order chi connectivity index (χ1) is 62.5. The quantitative estimate of drug-likeness (QED) is 0.0129. The molecule has 3 fully saturated rings. The lowest BCUT2D eigenvalue weighted by molar-refractivity contribution is -0.0459. The van der Waals surface area contributed by atoms with Crippen molar-refractivity contribution in [1.29, 1.82) is 0 Å². The van der Waals surface area contributed by atoms with Gasteiger partial charge < -0.3 is 119 Å². The van der Waals surface area contributed by atoms with E-state index in [1.54, 1.807) is 54.6 Å². The second kappa shape index (κ2) is 39.1. The van der Waals surface area contributed by atoms with E-state index in [2.05, 4.69) is 120 Å². The summed E-state index contributed by atoms with van der Waals surface area (Å²) in [5, 5.41) is 85.0. The highest BCUT2D eigenvalue weighted by Crippen LogP contribution is 2.49. The van der Waals surface area contributed by atoms with Gasteiger partial charge in [0.1, 0.15) is 91.1 Å². The van der Waals surface area contributed by atoms with E-state index < -0.39 is 90.7 Å². The van der Waals surface area contributed by atoms with Crippen molar-refractivity contribution in [2.75, 3.05) is 95.0 Å². The van der Waals surface area contributed by atoms with E-state index in [4.69, 9.17) is 56.8 Å². The number of nitrogens with zero attached hydrogens (tertiary/aromatic N) is 6. The van der Waals surface area contributed by atoms with Crippen LogP contribution in [0.4, 0.5) is 48.9 Å². The molecule has 0 bridgehead atoms. The van der Waals surface area contributed by atoms with E-state index in [1.165, 1.54) is 64.6 Å². The Morgan fingerprint density at radius 2 is 0.734 bits per heavy atom. The van der Waals surface area contributed by atoms with Crippen LogP contribution in [0, 0.1) is 0 Å². The first-order valence-electron chi connectivity index (χ1n) is 41.7. The van der Waals surface area contributed by atoms with Gasteiger partial charge in [-0.15, -0.1) is 0 Å². The zero-order chi connectivity index (χ0) is 88.3. The van der Waals surface area contributed by atoms with Gasteiger partial charge in [-0.2, -0.15) is 15.0 Å². The minimum absolute atomic E-state index is 0.135. The van der Waals surface area contributed by atoms with E-state index in [1.807, 2.05) is 54.6 Å². The van der Waals surface area contributed by atoms with E-state index in [0.29, 0.717) is 76.6 Å². The van der Waals surface area contributed by atoms with Gasteiger partial charge in [0.2, 0.25) is 0 Å². The average Bonchev–Trinajstić information content (AvgIpc) is 0.740. The average molecular weight is 1750 g/mol. The third-order valence-electron chi connectivity index (χ3n) is 22.3. The fraction of sp³-hybridized carbons (Fsp3) is 0.293. The number of carbonyl (C=O) groups excluding carboxylic acids is 3. The molecular weight excluding hydrogens is 1660 g/mol. The van der Waals surface area contributed by atoms with Crippen molar-refractivity contribution in [1.82, 2.24) is 44.6 Å². The number of rotatable bonds is 27. The number of para-hydroxylation sites is 3. The summed E-state index contributed by atoms with van der Waals surface area (Å²) in [4.78, 5) is 87.0. The number of aromatic nitrogens is 6. The molecule has 19 rings (SSSR count). The van der Waals surface area contributed by atoms with E-state index >= 15 is 0 Å². The van der Waals surface area contributed by atoms with Gasteiger partial charge in [-0.05, 0) is 96.2 Å². The molecule has 3 amide bonds. The Labute approximate surface area is 728 Å². The molecule has 0 aliphatic carbocycles. The summed E-state index contributed by atoms with van der Waals surface area (Å²) >= 11 is 0. The summed E-state index contributed by atoms with van der Waals surface area (Å²) in [6, 6.07) is 58.7. The standard InChI is InChI=1S/C36H32N4O8.C30H30N4O8.C26H28N4O8/c41-19-29-25(42)17-30(48-29)40-18-28-34(39-35(40)43)38-33-26(5-2-6-27(33)47-28)45-16-14-37-36(44)46-15-13-20-7-8-23-10-9-21-3-1-4-22-11-12-24(20)32(23)31(21)22;35-17-25-21(36)15-26(42-25)34-16-24-28(33-29(34)37)32-27-22(9-4-10-23(27)41-24)39-14-12-31-30(38)40-13-11-19-7-3-6-18-5-1-2-8-20(18)19;31-15-21-17(32)13-22(38-21)30-14-20-24(29-25(30)33)28-23-18(7-4-8-19(23)37-20)35-12-10-27-26(34)36-11-9-16-5-2-1-3-6-16/h1-12,18,25,29-30,41-42H,13-17,19H2,(H,37,44)(H,38,39,43);1-10,16,21,25-26,35-36H,11-15,17H2,(H,31,38)(H,32,33,37);1-8,14,17,21-22,31-32H,9-13,15H2,(H,27,34)(H,28,29,33)/t25-,29-,30-;21-,25-,26-;17-,21-,22-/m111/s1. The molecule has 13 aromatic rings. The lowest BCUT2D eigenvalue weighted by Crippen LogP contribution is -2.29. The largest absolute Gasteiger partial charge is 0.489 e. The van der Waals surface area contributed by atoms with Gasteiger partial charge >= 0.3 is 35.3 Å². The Bertz CT molecular complexity index is 6380. The maximum atomic E-state index is 12.8. The maximum Gasteiger partial charge on any atom is 0.407 e. The lowest BCUT2D eigenvalue weighted by atomic mass is 9.91. The number of nitrogens with one attached hydrogen (secondary N) is 6. The molecule has 9 heterocycles. The molecule has 12 N–H and O–H groups in total. The topological polar surface area (TPSA) is 460 Å². The van der Waals surface area contributed by atoms with Crippen LogP contribution in [0.15, 0.2) is 215 Å². The smallest absolute Gasteiger partial charge is 0.407 e. The molecule has 0 radical (unpaired) electrons. The number of aliphatic hydroxyl groups excluding tert-OH is 6. The molecule has 36 nitrogen and oxygen atoms in total. The van der Waals surface area contributed by atoms with E-state index in [0.717, 1.165) is 27.5 Å². The Balaban J connectivity index is 0.000000136. The summed E-state index contributed by atoms with van der Waals surface area (Å²) < 4.78 is 72.0. The molecule has 6 aliphatic heterocycles. The molecule has 0 saturated carbocycles. The lowest BCUT2D eigenvalue weighted by Gasteiger charge is -2.24. The molecule has 128 heavy (non-hydrogen) atoms. The van der Waals surface area contributed by atoms with Crippen LogP contribution in [-0.4, -0.2) is 193 Å². The highest BCUT2D eigenvalue weighted by molar-refractivity contribution is 6.23. The molecule has 662 valence electrons. The van der Waals surface area contributed by atoms with Crippen molar-refractivity contribution >= 4 is 95.9 Å². The zero-order valence-corrected chi connectivity index (χ0v) is 68.7. The number of aliphatic hydroxyl groups is 6. The first-order valence-corrected chi connectivity index (χ1v) is 41.7. The van der Waals surface area contributed by atoms with Gasteiger partial charge in [-0.1, -0.05) is 146 Å². The second-order valence-corrected chi connectivity index (χ2v) is 30.5. The molecular formula is C92H90N12O24. The molecule has 3 saturated heterocycles. The van der Waals surface area contributed by atoms with Crippen molar-refractivity contribution in [2.24, 2.45) is 0 Å². The monoisotopic (exact) mass is 1750 g/mol.